The van der Waals surface area contributed by atoms with Crippen molar-refractivity contribution < 1.29 is 14.3 Å². The van der Waals surface area contributed by atoms with E-state index in [9.17, 15) is 5.11 Å². The summed E-state index contributed by atoms with van der Waals surface area (Å²) in [6, 6.07) is 21.5. The van der Waals surface area contributed by atoms with Gasteiger partial charge in [-0.3, -0.25) is 0 Å². The Hall–Kier alpha value is -1.46. The van der Waals surface area contributed by atoms with Crippen LogP contribution < -0.4 is 10.4 Å². The van der Waals surface area contributed by atoms with Crippen LogP contribution in [0, 0.1) is 22.7 Å². The maximum atomic E-state index is 10.9. The molecule has 2 aromatic rings. The molecule has 2 bridgehead atoms. The maximum absolute atomic E-state index is 10.9. The van der Waals surface area contributed by atoms with E-state index in [-0.39, 0.29) is 27.7 Å². The number of benzene rings is 2. The van der Waals surface area contributed by atoms with Crippen LogP contribution in [-0.2, 0) is 9.16 Å². The highest BCUT2D eigenvalue weighted by Gasteiger charge is 2.75. The Morgan fingerprint density at radius 3 is 1.78 bits per heavy atom. The molecular formula is C28H40O3Si. The fourth-order valence-electron chi connectivity index (χ4n) is 6.92. The summed E-state index contributed by atoms with van der Waals surface area (Å²) in [4.78, 5) is 0. The smallest absolute Gasteiger partial charge is 0.261 e. The zero-order valence-corrected chi connectivity index (χ0v) is 22.0. The van der Waals surface area contributed by atoms with Crippen molar-refractivity contribution in [2.75, 3.05) is 6.61 Å². The lowest BCUT2D eigenvalue weighted by atomic mass is 9.61. The van der Waals surface area contributed by atoms with E-state index in [1.165, 1.54) is 10.4 Å². The fraction of sp³-hybridized carbons (Fsp3) is 0.571. The molecule has 0 aromatic heterocycles. The van der Waals surface area contributed by atoms with Gasteiger partial charge in [0.05, 0.1) is 6.61 Å². The van der Waals surface area contributed by atoms with Crippen molar-refractivity contribution in [3.8, 4) is 0 Å². The van der Waals surface area contributed by atoms with Gasteiger partial charge in [-0.2, -0.15) is 0 Å². The molecule has 174 valence electrons. The summed E-state index contributed by atoms with van der Waals surface area (Å²) in [6.45, 7) is 18.8. The zero-order valence-electron chi connectivity index (χ0n) is 21.0. The van der Waals surface area contributed by atoms with Crippen LogP contribution in [0.25, 0.3) is 0 Å². The lowest BCUT2D eigenvalue weighted by Crippen LogP contribution is -2.69. The third-order valence-corrected chi connectivity index (χ3v) is 14.3. The molecule has 2 aromatic carbocycles. The molecule has 32 heavy (non-hydrogen) atoms. The van der Waals surface area contributed by atoms with E-state index in [0.717, 1.165) is 0 Å². The summed E-state index contributed by atoms with van der Waals surface area (Å²) in [7, 11) is -2.68. The summed E-state index contributed by atoms with van der Waals surface area (Å²) < 4.78 is 13.8. The monoisotopic (exact) mass is 452 g/mol. The normalized spacial score (nSPS) is 31.1. The van der Waals surface area contributed by atoms with Crippen LogP contribution in [0.4, 0.5) is 0 Å². The second-order valence-electron chi connectivity index (χ2n) is 12.0. The first-order valence-electron chi connectivity index (χ1n) is 11.9. The van der Waals surface area contributed by atoms with Crippen LogP contribution >= 0.6 is 0 Å². The SMILES string of the molecule is CC1C2C(O)OC1(CO[Si](c1ccccc1)(c1ccccc1)C(C)(C)C)C(C)(C)C2(C)C. The second-order valence-corrected chi connectivity index (χ2v) is 16.3. The predicted molar refractivity (Wildman–Crippen MR) is 134 cm³/mol. The minimum absolute atomic E-state index is 0.0567. The fourth-order valence-corrected chi connectivity index (χ4v) is 11.5. The molecule has 0 spiro atoms. The van der Waals surface area contributed by atoms with Crippen LogP contribution in [0.1, 0.15) is 55.4 Å². The van der Waals surface area contributed by atoms with Crippen molar-refractivity contribution in [3.63, 3.8) is 0 Å². The minimum Gasteiger partial charge on any atom is -0.404 e. The van der Waals surface area contributed by atoms with Crippen molar-refractivity contribution in [2.24, 2.45) is 22.7 Å². The minimum atomic E-state index is -2.68. The van der Waals surface area contributed by atoms with E-state index in [0.29, 0.717) is 6.61 Å². The van der Waals surface area contributed by atoms with Crippen LogP contribution in [0.3, 0.4) is 0 Å². The van der Waals surface area contributed by atoms with Crippen LogP contribution in [0.5, 0.6) is 0 Å². The number of fused-ring (bicyclic) bond motifs is 2. The number of ether oxygens (including phenoxy) is 1. The third kappa shape index (κ3) is 2.96. The van der Waals surface area contributed by atoms with Gasteiger partial charge in [-0.25, -0.2) is 0 Å². The molecule has 1 heterocycles. The third-order valence-electron chi connectivity index (χ3n) is 9.33. The van der Waals surface area contributed by atoms with E-state index in [4.69, 9.17) is 9.16 Å². The number of rotatable bonds is 5. The first kappa shape index (κ1) is 23.7. The summed E-state index contributed by atoms with van der Waals surface area (Å²) in [5, 5.41) is 13.3. The van der Waals surface area contributed by atoms with Gasteiger partial charge in [-0.15, -0.1) is 0 Å². The van der Waals surface area contributed by atoms with Gasteiger partial charge < -0.3 is 14.3 Å². The van der Waals surface area contributed by atoms with Crippen LogP contribution in [-0.4, -0.2) is 31.9 Å². The second kappa shape index (κ2) is 7.53. The quantitative estimate of drug-likeness (QED) is 0.651. The number of aliphatic hydroxyl groups is 1. The summed E-state index contributed by atoms with van der Waals surface area (Å²) in [5.74, 6) is 0.306. The summed E-state index contributed by atoms with van der Waals surface area (Å²) >= 11 is 0. The Balaban J connectivity index is 1.85. The van der Waals surface area contributed by atoms with Gasteiger partial charge in [0, 0.05) is 11.3 Å². The number of hydrogen-bond acceptors (Lipinski definition) is 3. The molecule has 1 aliphatic carbocycles. The van der Waals surface area contributed by atoms with Gasteiger partial charge in [0.15, 0.2) is 6.29 Å². The molecule has 1 saturated carbocycles. The van der Waals surface area contributed by atoms with Gasteiger partial charge >= 0.3 is 0 Å². The largest absolute Gasteiger partial charge is 0.404 e. The lowest BCUT2D eigenvalue weighted by Gasteiger charge is -2.54. The maximum Gasteiger partial charge on any atom is 0.261 e. The van der Waals surface area contributed by atoms with Crippen molar-refractivity contribution in [1.29, 1.82) is 0 Å². The van der Waals surface area contributed by atoms with Crippen molar-refractivity contribution in [3.05, 3.63) is 60.7 Å². The molecule has 1 saturated heterocycles. The Bertz CT molecular complexity index is 908. The van der Waals surface area contributed by atoms with Gasteiger partial charge in [0.1, 0.15) is 5.60 Å². The highest BCUT2D eigenvalue weighted by atomic mass is 28.4. The van der Waals surface area contributed by atoms with E-state index in [1.807, 2.05) is 0 Å². The highest BCUT2D eigenvalue weighted by molar-refractivity contribution is 6.99. The number of aliphatic hydroxyl groups excluding tert-OH is 1. The molecule has 0 amide bonds. The van der Waals surface area contributed by atoms with E-state index in [1.54, 1.807) is 0 Å². The van der Waals surface area contributed by atoms with E-state index in [2.05, 4.69) is 116 Å². The highest BCUT2D eigenvalue weighted by Crippen LogP contribution is 2.70. The Kier molecular flexibility index (Phi) is 5.57. The Morgan fingerprint density at radius 2 is 1.38 bits per heavy atom. The average Bonchev–Trinajstić information content (AvgIpc) is 3.05. The molecule has 0 radical (unpaired) electrons. The average molecular weight is 453 g/mol. The van der Waals surface area contributed by atoms with Gasteiger partial charge in [0.2, 0.25) is 0 Å². The van der Waals surface area contributed by atoms with Gasteiger partial charge in [0.25, 0.3) is 8.32 Å². The molecule has 4 heteroatoms. The zero-order chi connectivity index (χ0) is 23.6. The predicted octanol–water partition coefficient (Wildman–Crippen LogP) is 4.97. The molecule has 2 fully saturated rings. The van der Waals surface area contributed by atoms with Crippen molar-refractivity contribution in [2.45, 2.75) is 72.3 Å². The van der Waals surface area contributed by atoms with E-state index >= 15 is 0 Å². The molecule has 1 aliphatic heterocycles. The molecule has 3 nitrogen and oxygen atoms in total. The van der Waals surface area contributed by atoms with Gasteiger partial charge in [-0.05, 0) is 26.7 Å². The van der Waals surface area contributed by atoms with Crippen LogP contribution in [0.15, 0.2) is 60.7 Å². The summed E-state index contributed by atoms with van der Waals surface area (Å²) in [6.07, 6.45) is -0.740. The molecule has 4 atom stereocenters. The molecule has 1 N–H and O–H groups in total. The lowest BCUT2D eigenvalue weighted by molar-refractivity contribution is -0.263. The summed E-state index contributed by atoms with van der Waals surface area (Å²) in [5.41, 5.74) is -0.735. The molecule has 4 unspecified atom stereocenters. The Morgan fingerprint density at radius 1 is 0.906 bits per heavy atom. The van der Waals surface area contributed by atoms with Crippen molar-refractivity contribution in [1.82, 2.24) is 0 Å². The first-order valence-corrected chi connectivity index (χ1v) is 13.8. The van der Waals surface area contributed by atoms with Crippen molar-refractivity contribution >= 4 is 18.7 Å². The molecule has 4 rings (SSSR count). The topological polar surface area (TPSA) is 38.7 Å². The Labute approximate surface area is 195 Å². The van der Waals surface area contributed by atoms with Crippen LogP contribution in [0.2, 0.25) is 5.04 Å². The number of hydrogen-bond donors (Lipinski definition) is 1. The molecular weight excluding hydrogens is 412 g/mol. The first-order chi connectivity index (χ1) is 14.8. The standard InChI is InChI=1S/C28H40O3Si/c1-20-23-24(29)31-28(20,27(7,8)26(23,5)6)19-30-32(25(2,3)4,21-15-11-9-12-16-21)22-17-13-10-14-18-22/h9-18,20,23-24,29H,19H2,1-8H3. The van der Waals surface area contributed by atoms with E-state index < -0.39 is 20.2 Å². The van der Waals surface area contributed by atoms with Gasteiger partial charge in [-0.1, -0.05) is 116 Å². The molecule has 2 aliphatic rings.